The van der Waals surface area contributed by atoms with Gasteiger partial charge in [-0.2, -0.15) is 0 Å². The summed E-state index contributed by atoms with van der Waals surface area (Å²) in [6.45, 7) is 0. The molecule has 0 N–H and O–H groups in total. The Morgan fingerprint density at radius 3 is 0.677 bits per heavy atom. The van der Waals surface area contributed by atoms with Gasteiger partial charge in [-0.15, -0.1) is 0 Å². The summed E-state index contributed by atoms with van der Waals surface area (Å²) in [6.07, 6.45) is 0. The van der Waals surface area contributed by atoms with Crippen LogP contribution in [0.1, 0.15) is 0 Å². The predicted octanol–water partition coefficient (Wildman–Crippen LogP) is 24.2. The van der Waals surface area contributed by atoms with Crippen LogP contribution in [0.2, 0.25) is 0 Å². The molecule has 0 amide bonds. The zero-order valence-corrected chi connectivity index (χ0v) is 53.8. The van der Waals surface area contributed by atoms with Crippen molar-refractivity contribution in [3.63, 3.8) is 0 Å². The molecule has 0 atom stereocenters. The topological polar surface area (TPSA) is 53.5 Å². The number of para-hydroxylation sites is 4. The lowest BCUT2D eigenvalue weighted by atomic mass is 9.95. The van der Waals surface area contributed by atoms with Crippen LogP contribution in [-0.4, -0.2) is 28.7 Å². The Balaban J connectivity index is 0.677. The van der Waals surface area contributed by atoms with E-state index in [0.29, 0.717) is 0 Å². The van der Waals surface area contributed by atoms with Gasteiger partial charge in [-0.3, -0.25) is 0 Å². The quantitative estimate of drug-likeness (QED) is 0.122. The Morgan fingerprint density at radius 2 is 0.364 bits per heavy atom. The summed E-state index contributed by atoms with van der Waals surface area (Å²) in [4.78, 5) is 16.1. The van der Waals surface area contributed by atoms with E-state index in [2.05, 4.69) is 353 Å². The molecule has 0 bridgehead atoms. The van der Waals surface area contributed by atoms with Crippen LogP contribution in [0.5, 0.6) is 0 Å². The third-order valence-corrected chi connectivity index (χ3v) is 19.6. The SMILES string of the molecule is c1ccc(-c2cc(-c3cc(-c4ccc(-c5ccc(-c6ccc(-n7c8ccc(-n9c%10ccccc%10c%10ccccc%109)cc8c8cc(-n9c%10ccccc%10c%10ccccc%109)ccc87)cc6)cc5)cc4)cc(-c4cc(-c5ccccc5)nc(-c5ccccc5)c4)n3)cc(-c3ccccc3)n2)cc1. The molecule has 6 heterocycles. The van der Waals surface area contributed by atoms with Crippen LogP contribution >= 0.6 is 0 Å². The third-order valence-electron chi connectivity index (χ3n) is 19.6. The number of pyridine rings is 3. The monoisotopic (exact) mass is 1260 g/mol. The predicted molar refractivity (Wildman–Crippen MR) is 412 cm³/mol. The average molecular weight is 1260 g/mol. The molecule has 462 valence electrons. The number of hydrogen-bond donors (Lipinski definition) is 0. The number of benzene rings is 13. The van der Waals surface area contributed by atoms with E-state index < -0.39 is 0 Å². The van der Waals surface area contributed by atoms with Crippen LogP contribution in [0.25, 0.3) is 183 Å². The van der Waals surface area contributed by atoms with Crippen molar-refractivity contribution >= 4 is 65.4 Å². The summed E-state index contributed by atoms with van der Waals surface area (Å²) in [5.41, 5.74) is 28.4. The minimum Gasteiger partial charge on any atom is -0.309 e. The highest BCUT2D eigenvalue weighted by atomic mass is 15.0. The fourth-order valence-corrected chi connectivity index (χ4v) is 14.8. The molecule has 19 rings (SSSR count). The zero-order chi connectivity index (χ0) is 65.3. The van der Waals surface area contributed by atoms with Crippen LogP contribution in [-0.2, 0) is 0 Å². The van der Waals surface area contributed by atoms with Crippen molar-refractivity contribution in [2.45, 2.75) is 0 Å². The van der Waals surface area contributed by atoms with Gasteiger partial charge in [0.25, 0.3) is 0 Å². The second-order valence-corrected chi connectivity index (χ2v) is 25.5. The van der Waals surface area contributed by atoms with Crippen molar-refractivity contribution in [3.05, 3.63) is 364 Å². The highest BCUT2D eigenvalue weighted by Gasteiger charge is 2.21. The molecule has 99 heavy (non-hydrogen) atoms. The van der Waals surface area contributed by atoms with Gasteiger partial charge in [0.2, 0.25) is 0 Å². The zero-order valence-electron chi connectivity index (χ0n) is 53.8. The number of hydrogen-bond acceptors (Lipinski definition) is 3. The first-order valence-corrected chi connectivity index (χ1v) is 33.7. The highest BCUT2D eigenvalue weighted by Crippen LogP contribution is 2.42. The summed E-state index contributed by atoms with van der Waals surface area (Å²) in [6, 6.07) is 131. The molecule has 0 radical (unpaired) electrons. The van der Waals surface area contributed by atoms with Gasteiger partial charge in [0, 0.05) is 82.8 Å². The fraction of sp³-hybridized carbons (Fsp3) is 0. The van der Waals surface area contributed by atoms with E-state index in [1.165, 1.54) is 54.4 Å². The van der Waals surface area contributed by atoms with Crippen molar-refractivity contribution in [1.82, 2.24) is 28.7 Å². The lowest BCUT2D eigenvalue weighted by Gasteiger charge is -2.15. The van der Waals surface area contributed by atoms with Crippen molar-refractivity contribution in [2.24, 2.45) is 0 Å². The van der Waals surface area contributed by atoms with Crippen LogP contribution < -0.4 is 0 Å². The molecule has 0 saturated heterocycles. The van der Waals surface area contributed by atoms with Gasteiger partial charge in [-0.05, 0) is 143 Å². The second kappa shape index (κ2) is 23.9. The van der Waals surface area contributed by atoms with Crippen molar-refractivity contribution in [3.8, 4) is 118 Å². The van der Waals surface area contributed by atoms with Gasteiger partial charge in [-0.1, -0.05) is 255 Å². The lowest BCUT2D eigenvalue weighted by Crippen LogP contribution is -1.96. The van der Waals surface area contributed by atoms with Crippen molar-refractivity contribution in [1.29, 1.82) is 0 Å². The Kier molecular flexibility index (Phi) is 13.8. The third kappa shape index (κ3) is 10.2. The maximum atomic E-state index is 5.57. The van der Waals surface area contributed by atoms with Crippen LogP contribution in [0.3, 0.4) is 0 Å². The standard InChI is InChI=1S/C93H60N6/c1-5-21-66(22-6-1)82-55-71(56-83(94-82)67-23-7-2-8-24-67)86-53-70(54-87(96-86)72-57-84(68-25-9-3-10-26-68)95-85(58-72)69-27-11-4-12-28-69)65-43-41-62(42-44-65)61-37-39-63(40-38-61)64-45-47-73(48-46-64)97-92-51-49-74(98-88-33-17-13-29-76(88)77-30-14-18-34-89(77)98)59-80(92)81-60-75(50-52-93(81)97)99-90-35-19-15-31-78(90)79-32-16-20-36-91(79)99/h1-60H. The minimum atomic E-state index is 0.844. The Morgan fingerprint density at radius 1 is 0.141 bits per heavy atom. The molecule has 0 aliphatic heterocycles. The van der Waals surface area contributed by atoms with E-state index in [1.807, 2.05) is 24.3 Å². The number of aromatic nitrogens is 6. The summed E-state index contributed by atoms with van der Waals surface area (Å²) >= 11 is 0. The van der Waals surface area contributed by atoms with Crippen LogP contribution in [0.4, 0.5) is 0 Å². The number of rotatable bonds is 12. The smallest absolute Gasteiger partial charge is 0.0717 e. The maximum absolute atomic E-state index is 5.57. The summed E-state index contributed by atoms with van der Waals surface area (Å²) in [5, 5.41) is 7.37. The molecule has 0 aliphatic rings. The first kappa shape index (κ1) is 57.2. The number of nitrogens with zero attached hydrogens (tertiary/aromatic N) is 6. The van der Waals surface area contributed by atoms with Gasteiger partial charge in [0.05, 0.1) is 67.3 Å². The van der Waals surface area contributed by atoms with E-state index >= 15 is 0 Å². The molecule has 0 unspecified atom stereocenters. The molecular weight excluding hydrogens is 1200 g/mol. The Hall–Kier alpha value is -13.3. The molecule has 0 aliphatic carbocycles. The average Bonchev–Trinajstić information content (AvgIpc) is 1.56. The molecule has 6 nitrogen and oxygen atoms in total. The Bertz CT molecular complexity index is 5750. The van der Waals surface area contributed by atoms with E-state index in [0.717, 1.165) is 129 Å². The largest absolute Gasteiger partial charge is 0.309 e. The second-order valence-electron chi connectivity index (χ2n) is 25.5. The van der Waals surface area contributed by atoms with E-state index in [9.17, 15) is 0 Å². The fourth-order valence-electron chi connectivity index (χ4n) is 14.8. The highest BCUT2D eigenvalue weighted by molar-refractivity contribution is 6.14. The Labute approximate surface area is 572 Å². The molecule has 0 fully saturated rings. The van der Waals surface area contributed by atoms with Crippen LogP contribution in [0.15, 0.2) is 364 Å². The molecule has 0 saturated carbocycles. The first-order chi connectivity index (χ1) is 49.0. The van der Waals surface area contributed by atoms with Crippen molar-refractivity contribution in [2.75, 3.05) is 0 Å². The minimum absolute atomic E-state index is 0.844. The maximum Gasteiger partial charge on any atom is 0.0717 e. The first-order valence-electron chi connectivity index (χ1n) is 33.7. The van der Waals surface area contributed by atoms with E-state index in [4.69, 9.17) is 15.0 Å². The van der Waals surface area contributed by atoms with Gasteiger partial charge in [0.15, 0.2) is 0 Å². The summed E-state index contributed by atoms with van der Waals surface area (Å²) in [5.74, 6) is 0. The normalized spacial score (nSPS) is 11.6. The molecule has 19 aromatic rings. The molecule has 6 aromatic heterocycles. The van der Waals surface area contributed by atoms with Gasteiger partial charge < -0.3 is 13.7 Å². The van der Waals surface area contributed by atoms with Gasteiger partial charge in [-0.25, -0.2) is 15.0 Å². The molecule has 6 heteroatoms. The number of fused-ring (bicyclic) bond motifs is 9. The van der Waals surface area contributed by atoms with Gasteiger partial charge >= 0.3 is 0 Å². The molecular formula is C93H60N6. The van der Waals surface area contributed by atoms with E-state index in [1.54, 1.807) is 0 Å². The summed E-state index contributed by atoms with van der Waals surface area (Å²) in [7, 11) is 0. The van der Waals surface area contributed by atoms with Crippen molar-refractivity contribution < 1.29 is 0 Å². The van der Waals surface area contributed by atoms with E-state index in [-0.39, 0.29) is 0 Å². The summed E-state index contributed by atoms with van der Waals surface area (Å²) < 4.78 is 7.28. The molecule has 0 spiro atoms. The van der Waals surface area contributed by atoms with Gasteiger partial charge in [0.1, 0.15) is 0 Å². The molecule has 13 aromatic carbocycles. The van der Waals surface area contributed by atoms with Crippen LogP contribution in [0, 0.1) is 0 Å². The lowest BCUT2D eigenvalue weighted by molar-refractivity contribution is 1.16.